The Morgan fingerprint density at radius 3 is 2.60 bits per heavy atom. The average Bonchev–Trinajstić information content (AvgIpc) is 3.32. The molecule has 1 aliphatic rings. The first kappa shape index (κ1) is 13.5. The summed E-state index contributed by atoms with van der Waals surface area (Å²) in [6, 6.07) is 3.59. The summed E-state index contributed by atoms with van der Waals surface area (Å²) in [5.41, 5.74) is 1.76. The van der Waals surface area contributed by atoms with Crippen LogP contribution in [0.1, 0.15) is 24.5 Å². The molecular weight excluding hydrogens is 369 g/mol. The Balaban J connectivity index is 2.05. The number of halogens is 1. The van der Waals surface area contributed by atoms with Crippen molar-refractivity contribution < 1.29 is 4.74 Å². The van der Waals surface area contributed by atoms with Crippen molar-refractivity contribution in [3.05, 3.63) is 21.4 Å². The summed E-state index contributed by atoms with van der Waals surface area (Å²) >= 11 is 2.30. The van der Waals surface area contributed by atoms with Crippen molar-refractivity contribution >= 4 is 28.4 Å². The van der Waals surface area contributed by atoms with Gasteiger partial charge in [0.1, 0.15) is 11.5 Å². The minimum Gasteiger partial charge on any atom is -0.480 e. The predicted molar refractivity (Wildman–Crippen MR) is 83.8 cm³/mol. The van der Waals surface area contributed by atoms with Gasteiger partial charge in [-0.05, 0) is 41.5 Å². The normalized spacial score (nSPS) is 14.2. The number of nitrogens with zero attached hydrogens (tertiary/aromatic N) is 4. The first-order chi connectivity index (χ1) is 9.72. The molecule has 0 bridgehead atoms. The molecule has 6 nitrogen and oxygen atoms in total. The van der Waals surface area contributed by atoms with Crippen molar-refractivity contribution in [1.29, 1.82) is 0 Å². The van der Waals surface area contributed by atoms with E-state index in [1.807, 2.05) is 13.1 Å². The van der Waals surface area contributed by atoms with Crippen LogP contribution in [0.4, 0.5) is 5.82 Å². The fraction of sp³-hybridized carbons (Fsp3) is 0.385. The third kappa shape index (κ3) is 2.54. The molecule has 2 aromatic rings. The highest BCUT2D eigenvalue weighted by Gasteiger charge is 2.29. The maximum atomic E-state index is 5.01. The third-order valence-corrected chi connectivity index (χ3v) is 4.22. The molecule has 2 heterocycles. The van der Waals surface area contributed by atoms with E-state index in [1.165, 1.54) is 12.8 Å². The molecular formula is C13H14IN5O. The lowest BCUT2D eigenvalue weighted by Crippen LogP contribution is -2.05. The number of hydrogen-bond acceptors (Lipinski definition) is 6. The standard InChI is InChI=1S/C13H14IN5O/c1-15-13-10(14)11(7-3-4-7)16-12(17-13)8-5-6-9(20-2)19-18-8/h5-7H,3-4H2,1-2H3,(H,15,16,17). The second kappa shape index (κ2) is 5.47. The lowest BCUT2D eigenvalue weighted by Gasteiger charge is -2.10. The number of methoxy groups -OCH3 is 1. The van der Waals surface area contributed by atoms with Gasteiger partial charge in [-0.3, -0.25) is 0 Å². The number of ether oxygens (including phenoxy) is 1. The highest BCUT2D eigenvalue weighted by molar-refractivity contribution is 14.1. The van der Waals surface area contributed by atoms with Gasteiger partial charge >= 0.3 is 0 Å². The summed E-state index contributed by atoms with van der Waals surface area (Å²) in [5, 5.41) is 11.2. The van der Waals surface area contributed by atoms with Crippen molar-refractivity contribution in [3.8, 4) is 17.4 Å². The van der Waals surface area contributed by atoms with Crippen molar-refractivity contribution in [2.75, 3.05) is 19.5 Å². The Morgan fingerprint density at radius 1 is 1.25 bits per heavy atom. The highest BCUT2D eigenvalue weighted by atomic mass is 127. The highest BCUT2D eigenvalue weighted by Crippen LogP contribution is 2.42. The molecule has 0 atom stereocenters. The maximum absolute atomic E-state index is 5.01. The van der Waals surface area contributed by atoms with Gasteiger partial charge in [-0.15, -0.1) is 10.2 Å². The van der Waals surface area contributed by atoms with Crippen LogP contribution in [-0.4, -0.2) is 34.3 Å². The molecule has 0 saturated heterocycles. The fourth-order valence-corrected chi connectivity index (χ4v) is 2.87. The second-order valence-corrected chi connectivity index (χ2v) is 5.66. The molecule has 0 aliphatic heterocycles. The smallest absolute Gasteiger partial charge is 0.233 e. The van der Waals surface area contributed by atoms with Gasteiger partial charge in [-0.25, -0.2) is 9.97 Å². The van der Waals surface area contributed by atoms with Crippen LogP contribution >= 0.6 is 22.6 Å². The number of aromatic nitrogens is 4. The molecule has 0 spiro atoms. The predicted octanol–water partition coefficient (Wildman–Crippen LogP) is 2.47. The summed E-state index contributed by atoms with van der Waals surface area (Å²) < 4.78 is 6.11. The lowest BCUT2D eigenvalue weighted by molar-refractivity contribution is 0.392. The molecule has 0 radical (unpaired) electrons. The molecule has 7 heteroatoms. The van der Waals surface area contributed by atoms with Crippen LogP contribution in [0.25, 0.3) is 11.5 Å². The van der Waals surface area contributed by atoms with Crippen molar-refractivity contribution in [2.24, 2.45) is 0 Å². The zero-order valence-corrected chi connectivity index (χ0v) is 13.4. The Kier molecular flexibility index (Phi) is 3.68. The summed E-state index contributed by atoms with van der Waals surface area (Å²) in [5.74, 6) is 2.49. The van der Waals surface area contributed by atoms with E-state index in [4.69, 9.17) is 4.74 Å². The minimum atomic E-state index is 0.482. The second-order valence-electron chi connectivity index (χ2n) is 4.58. The molecule has 0 unspecified atom stereocenters. The molecule has 1 fully saturated rings. The van der Waals surface area contributed by atoms with E-state index in [0.29, 0.717) is 23.3 Å². The zero-order valence-electron chi connectivity index (χ0n) is 11.2. The number of rotatable bonds is 4. The van der Waals surface area contributed by atoms with E-state index in [2.05, 4.69) is 48.1 Å². The largest absolute Gasteiger partial charge is 0.480 e. The van der Waals surface area contributed by atoms with E-state index in [1.54, 1.807) is 13.2 Å². The van der Waals surface area contributed by atoms with Gasteiger partial charge in [0.2, 0.25) is 5.88 Å². The van der Waals surface area contributed by atoms with Gasteiger partial charge in [-0.2, -0.15) is 0 Å². The number of anilines is 1. The molecule has 1 aliphatic carbocycles. The van der Waals surface area contributed by atoms with Gasteiger partial charge in [0, 0.05) is 19.0 Å². The van der Waals surface area contributed by atoms with E-state index < -0.39 is 0 Å². The molecule has 1 saturated carbocycles. The minimum absolute atomic E-state index is 0.482. The maximum Gasteiger partial charge on any atom is 0.233 e. The van der Waals surface area contributed by atoms with Crippen molar-refractivity contribution in [3.63, 3.8) is 0 Å². The summed E-state index contributed by atoms with van der Waals surface area (Å²) in [4.78, 5) is 9.18. The lowest BCUT2D eigenvalue weighted by atomic mass is 10.2. The Bertz CT molecular complexity index is 627. The molecule has 0 aromatic carbocycles. The Hall–Kier alpha value is -1.51. The van der Waals surface area contributed by atoms with Crippen LogP contribution in [-0.2, 0) is 0 Å². The molecule has 1 N–H and O–H groups in total. The summed E-state index contributed by atoms with van der Waals surface area (Å²) in [7, 11) is 3.43. The van der Waals surface area contributed by atoms with Crippen LogP contribution in [0.15, 0.2) is 12.1 Å². The molecule has 3 rings (SSSR count). The summed E-state index contributed by atoms with van der Waals surface area (Å²) in [6.07, 6.45) is 2.40. The van der Waals surface area contributed by atoms with Crippen LogP contribution in [0, 0.1) is 3.57 Å². The van der Waals surface area contributed by atoms with Gasteiger partial charge in [0.15, 0.2) is 5.82 Å². The van der Waals surface area contributed by atoms with Crippen LogP contribution < -0.4 is 10.1 Å². The Labute approximate surface area is 130 Å². The van der Waals surface area contributed by atoms with Crippen molar-refractivity contribution in [1.82, 2.24) is 20.2 Å². The van der Waals surface area contributed by atoms with E-state index in [0.717, 1.165) is 15.1 Å². The van der Waals surface area contributed by atoms with E-state index in [-0.39, 0.29) is 0 Å². The van der Waals surface area contributed by atoms with Crippen LogP contribution in [0.5, 0.6) is 5.88 Å². The fourth-order valence-electron chi connectivity index (χ4n) is 1.92. The topological polar surface area (TPSA) is 72.8 Å². The quantitative estimate of drug-likeness (QED) is 0.818. The molecule has 2 aromatic heterocycles. The molecule has 0 amide bonds. The van der Waals surface area contributed by atoms with E-state index >= 15 is 0 Å². The van der Waals surface area contributed by atoms with Crippen molar-refractivity contribution in [2.45, 2.75) is 18.8 Å². The number of nitrogens with one attached hydrogen (secondary N) is 1. The van der Waals surface area contributed by atoms with Gasteiger partial charge in [-0.1, -0.05) is 0 Å². The zero-order chi connectivity index (χ0) is 14.1. The van der Waals surface area contributed by atoms with E-state index in [9.17, 15) is 0 Å². The SMILES string of the molecule is CNc1nc(-c2ccc(OC)nn2)nc(C2CC2)c1I. The third-order valence-electron chi connectivity index (χ3n) is 3.16. The van der Waals surface area contributed by atoms with Gasteiger partial charge in [0.05, 0.1) is 16.4 Å². The van der Waals surface area contributed by atoms with Crippen LogP contribution in [0.3, 0.4) is 0 Å². The average molecular weight is 383 g/mol. The monoisotopic (exact) mass is 383 g/mol. The number of hydrogen-bond donors (Lipinski definition) is 1. The first-order valence-corrected chi connectivity index (χ1v) is 7.44. The molecule has 20 heavy (non-hydrogen) atoms. The van der Waals surface area contributed by atoms with Gasteiger partial charge in [0.25, 0.3) is 0 Å². The van der Waals surface area contributed by atoms with Gasteiger partial charge < -0.3 is 10.1 Å². The first-order valence-electron chi connectivity index (χ1n) is 6.36. The summed E-state index contributed by atoms with van der Waals surface area (Å²) in [6.45, 7) is 0. The Morgan fingerprint density at radius 2 is 2.05 bits per heavy atom. The van der Waals surface area contributed by atoms with Crippen LogP contribution in [0.2, 0.25) is 0 Å². The molecule has 104 valence electrons.